The van der Waals surface area contributed by atoms with Crippen molar-refractivity contribution in [3.63, 3.8) is 0 Å². The predicted octanol–water partition coefficient (Wildman–Crippen LogP) is 2.06. The standard InChI is InChI=1S/C15H25N3O2/c1-3-14(16-2)12-9-17-18(10-12)13-4-6-20-15(8-13)5-7-19-11-15/h9-10,13-14,16H,3-8,11H2,1-2H3. The van der Waals surface area contributed by atoms with Crippen molar-refractivity contribution in [2.24, 2.45) is 0 Å². The van der Waals surface area contributed by atoms with Gasteiger partial charge in [-0.15, -0.1) is 0 Å². The van der Waals surface area contributed by atoms with Crippen molar-refractivity contribution in [3.8, 4) is 0 Å². The van der Waals surface area contributed by atoms with Gasteiger partial charge in [0.15, 0.2) is 0 Å². The Labute approximate surface area is 120 Å². The molecule has 2 fully saturated rings. The van der Waals surface area contributed by atoms with Gasteiger partial charge in [-0.2, -0.15) is 5.10 Å². The van der Waals surface area contributed by atoms with E-state index in [0.717, 1.165) is 45.5 Å². The highest BCUT2D eigenvalue weighted by Gasteiger charge is 2.41. The van der Waals surface area contributed by atoms with Gasteiger partial charge >= 0.3 is 0 Å². The molecule has 1 spiro atoms. The molecule has 2 aliphatic rings. The van der Waals surface area contributed by atoms with Crippen LogP contribution in [-0.2, 0) is 9.47 Å². The maximum absolute atomic E-state index is 6.00. The smallest absolute Gasteiger partial charge is 0.0957 e. The van der Waals surface area contributed by atoms with E-state index in [1.165, 1.54) is 5.56 Å². The molecule has 2 saturated heterocycles. The molecule has 0 radical (unpaired) electrons. The molecule has 1 aromatic rings. The van der Waals surface area contributed by atoms with Gasteiger partial charge in [-0.05, 0) is 19.9 Å². The van der Waals surface area contributed by atoms with Crippen LogP contribution in [0.1, 0.15) is 50.3 Å². The second kappa shape index (κ2) is 5.84. The first-order valence-electron chi connectivity index (χ1n) is 7.69. The van der Waals surface area contributed by atoms with Gasteiger partial charge in [0.1, 0.15) is 0 Å². The van der Waals surface area contributed by atoms with E-state index in [2.05, 4.69) is 28.2 Å². The molecule has 1 aromatic heterocycles. The van der Waals surface area contributed by atoms with Crippen LogP contribution in [0.5, 0.6) is 0 Å². The molecule has 3 heterocycles. The third-order valence-corrected chi connectivity index (χ3v) is 4.69. The van der Waals surface area contributed by atoms with Crippen LogP contribution in [0.2, 0.25) is 0 Å². The molecule has 5 nitrogen and oxygen atoms in total. The summed E-state index contributed by atoms with van der Waals surface area (Å²) in [4.78, 5) is 0. The summed E-state index contributed by atoms with van der Waals surface area (Å²) in [6.45, 7) is 4.57. The van der Waals surface area contributed by atoms with Crippen molar-refractivity contribution in [3.05, 3.63) is 18.0 Å². The van der Waals surface area contributed by atoms with Crippen LogP contribution in [0, 0.1) is 0 Å². The highest BCUT2D eigenvalue weighted by molar-refractivity contribution is 5.11. The lowest BCUT2D eigenvalue weighted by Gasteiger charge is -2.37. The molecule has 112 valence electrons. The molecule has 3 unspecified atom stereocenters. The molecular formula is C15H25N3O2. The first-order chi connectivity index (χ1) is 9.76. The number of hydrogen-bond donors (Lipinski definition) is 1. The third-order valence-electron chi connectivity index (χ3n) is 4.69. The third kappa shape index (κ3) is 2.62. The van der Waals surface area contributed by atoms with Gasteiger partial charge in [-0.25, -0.2) is 0 Å². The molecule has 0 bridgehead atoms. The number of nitrogens with zero attached hydrogens (tertiary/aromatic N) is 2. The number of aromatic nitrogens is 2. The first-order valence-corrected chi connectivity index (χ1v) is 7.69. The number of rotatable bonds is 4. The molecular weight excluding hydrogens is 254 g/mol. The van der Waals surface area contributed by atoms with Crippen LogP contribution in [0.4, 0.5) is 0 Å². The van der Waals surface area contributed by atoms with Crippen LogP contribution < -0.4 is 5.32 Å². The molecule has 2 aliphatic heterocycles. The predicted molar refractivity (Wildman–Crippen MR) is 76.7 cm³/mol. The minimum absolute atomic E-state index is 0.0534. The summed E-state index contributed by atoms with van der Waals surface area (Å²) in [7, 11) is 2.00. The van der Waals surface area contributed by atoms with E-state index in [0.29, 0.717) is 12.1 Å². The second-order valence-corrected chi connectivity index (χ2v) is 5.98. The molecule has 0 saturated carbocycles. The molecule has 5 heteroatoms. The van der Waals surface area contributed by atoms with Gasteiger partial charge in [0, 0.05) is 43.9 Å². The summed E-state index contributed by atoms with van der Waals surface area (Å²) < 4.78 is 13.7. The van der Waals surface area contributed by atoms with Crippen molar-refractivity contribution in [1.29, 1.82) is 0 Å². The van der Waals surface area contributed by atoms with Gasteiger partial charge in [-0.3, -0.25) is 4.68 Å². The molecule has 0 amide bonds. The van der Waals surface area contributed by atoms with Crippen molar-refractivity contribution < 1.29 is 9.47 Å². The Bertz CT molecular complexity index is 436. The minimum Gasteiger partial charge on any atom is -0.378 e. The monoisotopic (exact) mass is 279 g/mol. The summed E-state index contributed by atoms with van der Waals surface area (Å²) in [6, 6.07) is 0.834. The lowest BCUT2D eigenvalue weighted by molar-refractivity contribution is -0.0962. The van der Waals surface area contributed by atoms with E-state index in [-0.39, 0.29) is 5.60 Å². The Morgan fingerprint density at radius 1 is 1.55 bits per heavy atom. The van der Waals surface area contributed by atoms with E-state index in [1.807, 2.05) is 13.2 Å². The fourth-order valence-electron chi connectivity index (χ4n) is 3.43. The summed E-state index contributed by atoms with van der Waals surface area (Å²) in [6.07, 6.45) is 8.35. The fraction of sp³-hybridized carbons (Fsp3) is 0.800. The fourth-order valence-corrected chi connectivity index (χ4v) is 3.43. The van der Waals surface area contributed by atoms with Crippen LogP contribution in [0.15, 0.2) is 12.4 Å². The molecule has 3 atom stereocenters. The average molecular weight is 279 g/mol. The zero-order chi connectivity index (χ0) is 14.0. The summed E-state index contributed by atoms with van der Waals surface area (Å²) in [5, 5.41) is 7.93. The first kappa shape index (κ1) is 14.0. The van der Waals surface area contributed by atoms with Crippen LogP contribution in [-0.4, -0.2) is 42.2 Å². The second-order valence-electron chi connectivity index (χ2n) is 5.98. The maximum atomic E-state index is 6.00. The van der Waals surface area contributed by atoms with Crippen molar-refractivity contribution in [1.82, 2.24) is 15.1 Å². The number of hydrogen-bond acceptors (Lipinski definition) is 4. The minimum atomic E-state index is -0.0534. The Balaban J connectivity index is 1.72. The highest BCUT2D eigenvalue weighted by atomic mass is 16.6. The zero-order valence-corrected chi connectivity index (χ0v) is 12.5. The molecule has 1 N–H and O–H groups in total. The number of nitrogens with one attached hydrogen (secondary N) is 1. The largest absolute Gasteiger partial charge is 0.378 e. The normalized spacial score (nSPS) is 31.8. The van der Waals surface area contributed by atoms with Crippen LogP contribution in [0.25, 0.3) is 0 Å². The van der Waals surface area contributed by atoms with E-state index in [4.69, 9.17) is 9.47 Å². The summed E-state index contributed by atoms with van der Waals surface area (Å²) in [5.41, 5.74) is 1.22. The highest BCUT2D eigenvalue weighted by Crippen LogP contribution is 2.37. The SMILES string of the molecule is CCC(NC)c1cnn(C2CCOC3(CCOC3)C2)c1. The van der Waals surface area contributed by atoms with E-state index in [9.17, 15) is 0 Å². The van der Waals surface area contributed by atoms with Crippen LogP contribution in [0.3, 0.4) is 0 Å². The van der Waals surface area contributed by atoms with Crippen LogP contribution >= 0.6 is 0 Å². The van der Waals surface area contributed by atoms with E-state index < -0.39 is 0 Å². The molecule has 0 aromatic carbocycles. The summed E-state index contributed by atoms with van der Waals surface area (Å²) >= 11 is 0. The van der Waals surface area contributed by atoms with E-state index >= 15 is 0 Å². The lowest BCUT2D eigenvalue weighted by atomic mass is 9.90. The molecule has 3 rings (SSSR count). The topological polar surface area (TPSA) is 48.3 Å². The van der Waals surface area contributed by atoms with Crippen molar-refractivity contribution in [2.45, 2.75) is 50.3 Å². The van der Waals surface area contributed by atoms with Gasteiger partial charge < -0.3 is 14.8 Å². The van der Waals surface area contributed by atoms with Gasteiger partial charge in [0.2, 0.25) is 0 Å². The summed E-state index contributed by atoms with van der Waals surface area (Å²) in [5.74, 6) is 0. The molecule has 20 heavy (non-hydrogen) atoms. The van der Waals surface area contributed by atoms with Gasteiger partial charge in [-0.1, -0.05) is 6.92 Å². The zero-order valence-electron chi connectivity index (χ0n) is 12.5. The quantitative estimate of drug-likeness (QED) is 0.916. The maximum Gasteiger partial charge on any atom is 0.0957 e. The van der Waals surface area contributed by atoms with Gasteiger partial charge in [0.25, 0.3) is 0 Å². The average Bonchev–Trinajstić information content (AvgIpc) is 3.11. The van der Waals surface area contributed by atoms with Gasteiger partial charge in [0.05, 0.1) is 24.4 Å². The van der Waals surface area contributed by atoms with E-state index in [1.54, 1.807) is 0 Å². The number of ether oxygens (including phenoxy) is 2. The lowest BCUT2D eigenvalue weighted by Crippen LogP contribution is -2.41. The Hall–Kier alpha value is -0.910. The van der Waals surface area contributed by atoms with Crippen molar-refractivity contribution in [2.75, 3.05) is 26.9 Å². The van der Waals surface area contributed by atoms with Crippen molar-refractivity contribution >= 4 is 0 Å². The Morgan fingerprint density at radius 3 is 3.15 bits per heavy atom. The Morgan fingerprint density at radius 2 is 2.45 bits per heavy atom. The Kier molecular flexibility index (Phi) is 4.10. The molecule has 0 aliphatic carbocycles.